The number of anilines is 1. The predicted molar refractivity (Wildman–Crippen MR) is 116 cm³/mol. The zero-order valence-electron chi connectivity index (χ0n) is 16.7. The van der Waals surface area contributed by atoms with Gasteiger partial charge in [0.15, 0.2) is 0 Å². The first-order valence-electron chi connectivity index (χ1n) is 9.94. The van der Waals surface area contributed by atoms with Crippen LogP contribution in [-0.4, -0.2) is 19.3 Å². The van der Waals surface area contributed by atoms with Crippen molar-refractivity contribution in [3.05, 3.63) is 90.0 Å². The average molecular weight is 376 g/mol. The Hall–Kier alpha value is -2.94. The lowest BCUT2D eigenvalue weighted by Crippen LogP contribution is -2.23. The Morgan fingerprint density at radius 1 is 0.821 bits per heavy atom. The van der Waals surface area contributed by atoms with Crippen molar-refractivity contribution in [1.29, 1.82) is 0 Å². The summed E-state index contributed by atoms with van der Waals surface area (Å²) in [5, 5.41) is 3.46. The molecule has 0 amide bonds. The Balaban J connectivity index is 1.47. The number of benzene rings is 3. The molecular formula is C25H29NO2. The third kappa shape index (κ3) is 6.05. The van der Waals surface area contributed by atoms with Crippen LogP contribution in [0.15, 0.2) is 78.9 Å². The van der Waals surface area contributed by atoms with Gasteiger partial charge in [-0.05, 0) is 56.0 Å². The van der Waals surface area contributed by atoms with Crippen LogP contribution in [0, 0.1) is 6.92 Å². The number of rotatable bonds is 10. The summed E-state index contributed by atoms with van der Waals surface area (Å²) in [6, 6.07) is 26.7. The van der Waals surface area contributed by atoms with E-state index in [0.29, 0.717) is 13.2 Å². The lowest BCUT2D eigenvalue weighted by atomic mass is 10.1. The number of aryl methyl sites for hydroxylation is 2. The zero-order chi connectivity index (χ0) is 19.6. The number of hydrogen-bond donors (Lipinski definition) is 1. The Kier molecular flexibility index (Phi) is 7.36. The molecule has 28 heavy (non-hydrogen) atoms. The van der Waals surface area contributed by atoms with E-state index in [9.17, 15) is 0 Å². The molecule has 0 saturated heterocycles. The second-order valence-electron chi connectivity index (χ2n) is 7.01. The molecular weight excluding hydrogens is 346 g/mol. The molecule has 3 heteroatoms. The maximum atomic E-state index is 6.05. The summed E-state index contributed by atoms with van der Waals surface area (Å²) in [5.74, 6) is 1.82. The monoisotopic (exact) mass is 375 g/mol. The summed E-state index contributed by atoms with van der Waals surface area (Å²) in [5.41, 5.74) is 3.50. The number of ether oxygens (including phenoxy) is 2. The first-order valence-corrected chi connectivity index (χ1v) is 9.94. The van der Waals surface area contributed by atoms with E-state index in [4.69, 9.17) is 9.47 Å². The second kappa shape index (κ2) is 10.4. The van der Waals surface area contributed by atoms with Crippen LogP contribution in [0.5, 0.6) is 11.5 Å². The predicted octanol–water partition coefficient (Wildman–Crippen LogP) is 5.89. The smallest absolute Gasteiger partial charge is 0.142 e. The van der Waals surface area contributed by atoms with Gasteiger partial charge >= 0.3 is 0 Å². The van der Waals surface area contributed by atoms with Crippen LogP contribution in [0.3, 0.4) is 0 Å². The minimum Gasteiger partial charge on any atom is -0.491 e. The quantitative estimate of drug-likeness (QED) is 0.448. The van der Waals surface area contributed by atoms with Crippen molar-refractivity contribution < 1.29 is 9.47 Å². The van der Waals surface area contributed by atoms with Gasteiger partial charge in [-0.25, -0.2) is 0 Å². The Morgan fingerprint density at radius 2 is 1.50 bits per heavy atom. The highest BCUT2D eigenvalue weighted by Gasteiger charge is 2.08. The van der Waals surface area contributed by atoms with Gasteiger partial charge in [-0.2, -0.15) is 0 Å². The molecule has 3 rings (SSSR count). The van der Waals surface area contributed by atoms with E-state index in [1.165, 1.54) is 5.56 Å². The van der Waals surface area contributed by atoms with Gasteiger partial charge in [0.05, 0.1) is 18.8 Å². The van der Waals surface area contributed by atoms with Crippen molar-refractivity contribution in [3.8, 4) is 11.5 Å². The summed E-state index contributed by atoms with van der Waals surface area (Å²) in [6.07, 6.45) is 2.07. The maximum absolute atomic E-state index is 6.05. The van der Waals surface area contributed by atoms with Crippen molar-refractivity contribution in [2.45, 2.75) is 32.8 Å². The fraction of sp³-hybridized carbons (Fsp3) is 0.280. The summed E-state index contributed by atoms with van der Waals surface area (Å²) in [7, 11) is 0. The molecule has 3 nitrogen and oxygen atoms in total. The van der Waals surface area contributed by atoms with Crippen molar-refractivity contribution in [1.82, 2.24) is 0 Å². The van der Waals surface area contributed by atoms with Gasteiger partial charge in [0, 0.05) is 0 Å². The van der Waals surface area contributed by atoms with Crippen LogP contribution in [-0.2, 0) is 6.42 Å². The minimum atomic E-state index is 0.0484. The highest BCUT2D eigenvalue weighted by atomic mass is 16.5. The highest BCUT2D eigenvalue weighted by Crippen LogP contribution is 2.24. The molecule has 146 valence electrons. The Labute approximate surface area is 168 Å². The van der Waals surface area contributed by atoms with E-state index in [1.54, 1.807) is 0 Å². The molecule has 3 aromatic rings. The molecule has 0 spiro atoms. The molecule has 0 aromatic heterocycles. The summed E-state index contributed by atoms with van der Waals surface area (Å²) in [4.78, 5) is 0. The third-order valence-electron chi connectivity index (χ3n) is 4.60. The van der Waals surface area contributed by atoms with Gasteiger partial charge in [0.1, 0.15) is 17.6 Å². The molecule has 1 N–H and O–H groups in total. The standard InChI is InChI=1S/C25H29NO2/c1-20-11-6-8-16-24(20)28-21(2)19-26-23-15-7-9-17-25(23)27-18-10-14-22-12-4-3-5-13-22/h3-9,11-13,15-17,21,26H,10,14,18-19H2,1-2H3. The second-order valence-corrected chi connectivity index (χ2v) is 7.01. The Bertz CT molecular complexity index is 848. The lowest BCUT2D eigenvalue weighted by Gasteiger charge is -2.19. The fourth-order valence-corrected chi connectivity index (χ4v) is 3.04. The van der Waals surface area contributed by atoms with Gasteiger partial charge < -0.3 is 14.8 Å². The SMILES string of the molecule is Cc1ccccc1OC(C)CNc1ccccc1OCCCc1ccccc1. The van der Waals surface area contributed by atoms with Crippen LogP contribution in [0.1, 0.15) is 24.5 Å². The van der Waals surface area contributed by atoms with Crippen LogP contribution in [0.4, 0.5) is 5.69 Å². The molecule has 0 aliphatic carbocycles. The normalized spacial score (nSPS) is 11.6. The molecule has 1 unspecified atom stereocenters. The van der Waals surface area contributed by atoms with E-state index in [-0.39, 0.29) is 6.10 Å². The molecule has 0 bridgehead atoms. The van der Waals surface area contributed by atoms with Crippen molar-refractivity contribution >= 4 is 5.69 Å². The molecule has 0 heterocycles. The molecule has 3 aromatic carbocycles. The molecule has 0 aliphatic rings. The van der Waals surface area contributed by atoms with Crippen molar-refractivity contribution in [2.75, 3.05) is 18.5 Å². The Morgan fingerprint density at radius 3 is 2.29 bits per heavy atom. The average Bonchev–Trinajstić information content (AvgIpc) is 2.73. The molecule has 1 atom stereocenters. The topological polar surface area (TPSA) is 30.5 Å². The van der Waals surface area contributed by atoms with Gasteiger partial charge in [-0.15, -0.1) is 0 Å². The zero-order valence-corrected chi connectivity index (χ0v) is 16.7. The largest absolute Gasteiger partial charge is 0.491 e. The van der Waals surface area contributed by atoms with Crippen LogP contribution < -0.4 is 14.8 Å². The number of para-hydroxylation sites is 3. The van der Waals surface area contributed by atoms with Crippen LogP contribution in [0.2, 0.25) is 0 Å². The maximum Gasteiger partial charge on any atom is 0.142 e. The van der Waals surface area contributed by atoms with E-state index in [1.807, 2.05) is 48.5 Å². The van der Waals surface area contributed by atoms with E-state index in [0.717, 1.165) is 35.6 Å². The van der Waals surface area contributed by atoms with Crippen molar-refractivity contribution in [3.63, 3.8) is 0 Å². The van der Waals surface area contributed by atoms with Crippen LogP contribution >= 0.6 is 0 Å². The summed E-state index contributed by atoms with van der Waals surface area (Å²) >= 11 is 0. The van der Waals surface area contributed by atoms with Crippen LogP contribution in [0.25, 0.3) is 0 Å². The van der Waals surface area contributed by atoms with E-state index in [2.05, 4.69) is 49.5 Å². The van der Waals surface area contributed by atoms with E-state index < -0.39 is 0 Å². The summed E-state index contributed by atoms with van der Waals surface area (Å²) in [6.45, 7) is 5.54. The first kappa shape index (κ1) is 19.8. The highest BCUT2D eigenvalue weighted by molar-refractivity contribution is 5.56. The summed E-state index contributed by atoms with van der Waals surface area (Å²) < 4.78 is 12.1. The lowest BCUT2D eigenvalue weighted by molar-refractivity contribution is 0.233. The van der Waals surface area contributed by atoms with Gasteiger partial charge in [-0.1, -0.05) is 60.7 Å². The van der Waals surface area contributed by atoms with Gasteiger partial charge in [0.2, 0.25) is 0 Å². The molecule has 0 aliphatic heterocycles. The molecule has 0 radical (unpaired) electrons. The third-order valence-corrected chi connectivity index (χ3v) is 4.60. The molecule has 0 saturated carbocycles. The van der Waals surface area contributed by atoms with Gasteiger partial charge in [-0.3, -0.25) is 0 Å². The van der Waals surface area contributed by atoms with Gasteiger partial charge in [0.25, 0.3) is 0 Å². The fourth-order valence-electron chi connectivity index (χ4n) is 3.04. The first-order chi connectivity index (χ1) is 13.7. The molecule has 0 fully saturated rings. The van der Waals surface area contributed by atoms with Crippen molar-refractivity contribution in [2.24, 2.45) is 0 Å². The van der Waals surface area contributed by atoms with E-state index >= 15 is 0 Å². The minimum absolute atomic E-state index is 0.0484. The number of nitrogens with one attached hydrogen (secondary N) is 1. The number of hydrogen-bond acceptors (Lipinski definition) is 3.